The molecule has 0 radical (unpaired) electrons. The maximum Gasteiger partial charge on any atom is 0.347 e. The predicted molar refractivity (Wildman–Crippen MR) is 101 cm³/mol. The average Bonchev–Trinajstić information content (AvgIpc) is 2.55. The molecule has 0 saturated carbocycles. The number of esters is 3. The van der Waals surface area contributed by atoms with E-state index in [9.17, 15) is 19.2 Å². The summed E-state index contributed by atoms with van der Waals surface area (Å²) in [4.78, 5) is 42.0. The van der Waals surface area contributed by atoms with Gasteiger partial charge in [0.15, 0.2) is 6.10 Å². The van der Waals surface area contributed by atoms with Crippen LogP contribution in [0.25, 0.3) is 0 Å². The van der Waals surface area contributed by atoms with Crippen molar-refractivity contribution in [2.75, 3.05) is 13.2 Å². The molecule has 0 aromatic heterocycles. The first-order chi connectivity index (χ1) is 12.3. The fraction of sp³-hybridized carbons (Fsp3) is 0.556. The Balaban J connectivity index is -0.000000351. The number of carbonyl (C=O) groups excluding carboxylic acids is 4. The lowest BCUT2D eigenvalue weighted by atomic mass is 10.3. The maximum atomic E-state index is 11.0. The highest BCUT2D eigenvalue weighted by atomic mass is 35.5. The van der Waals surface area contributed by atoms with Crippen molar-refractivity contribution in [1.29, 1.82) is 0 Å². The first kappa shape index (κ1) is 29.6. The quantitative estimate of drug-likeness (QED) is 0.295. The second-order valence-corrected chi connectivity index (χ2v) is 5.41. The third-order valence-corrected chi connectivity index (χ3v) is 2.54. The van der Waals surface area contributed by atoms with Gasteiger partial charge in [0.05, 0.1) is 13.2 Å². The van der Waals surface area contributed by atoms with E-state index in [2.05, 4.69) is 22.6 Å². The molecule has 0 aliphatic rings. The summed E-state index contributed by atoms with van der Waals surface area (Å²) in [5, 5.41) is 8.01. The minimum absolute atomic E-state index is 0.260. The number of ether oxygens (including phenoxy) is 3. The van der Waals surface area contributed by atoms with Gasteiger partial charge in [-0.05, 0) is 53.1 Å². The van der Waals surface area contributed by atoms with Crippen LogP contribution in [0.15, 0.2) is 24.3 Å². The minimum atomic E-state index is -0.991. The molecule has 2 unspecified atom stereocenters. The van der Waals surface area contributed by atoms with Crippen molar-refractivity contribution in [3.63, 3.8) is 0 Å². The summed E-state index contributed by atoms with van der Waals surface area (Å²) in [7, 11) is 0. The molecule has 0 spiro atoms. The normalized spacial score (nSPS) is 11.1. The van der Waals surface area contributed by atoms with Crippen molar-refractivity contribution >= 4 is 34.8 Å². The lowest BCUT2D eigenvalue weighted by Gasteiger charge is -2.11. The Kier molecular flexibility index (Phi) is 18.9. The average molecular weight is 409 g/mol. The van der Waals surface area contributed by atoms with Crippen LogP contribution in [-0.4, -0.2) is 53.7 Å². The summed E-state index contributed by atoms with van der Waals surface area (Å²) in [6.45, 7) is 16.5. The second kappa shape index (κ2) is 17.2. The first-order valence-corrected chi connectivity index (χ1v) is 8.42. The summed E-state index contributed by atoms with van der Waals surface area (Å²) in [5.41, 5.74) is 0.646. The molecule has 0 aromatic rings. The molecule has 0 aromatic carbocycles. The number of aliphatic hydroxyl groups is 1. The van der Waals surface area contributed by atoms with Crippen molar-refractivity contribution in [2.45, 2.75) is 53.8 Å². The van der Waals surface area contributed by atoms with E-state index in [0.29, 0.717) is 12.2 Å². The molecule has 1 N–H and O–H groups in total. The van der Waals surface area contributed by atoms with E-state index in [1.165, 1.54) is 20.8 Å². The van der Waals surface area contributed by atoms with Crippen molar-refractivity contribution in [3.8, 4) is 0 Å². The van der Waals surface area contributed by atoms with Crippen molar-refractivity contribution in [2.24, 2.45) is 0 Å². The van der Waals surface area contributed by atoms with Gasteiger partial charge in [-0.1, -0.05) is 13.2 Å². The number of halogens is 1. The summed E-state index contributed by atoms with van der Waals surface area (Å²) >= 11 is 4.87. The maximum absolute atomic E-state index is 11.0. The Morgan fingerprint density at radius 1 is 0.926 bits per heavy atom. The smallest absolute Gasteiger partial charge is 0.347 e. The molecule has 0 amide bonds. The van der Waals surface area contributed by atoms with Crippen LogP contribution in [0.3, 0.4) is 0 Å². The fourth-order valence-corrected chi connectivity index (χ4v) is 0.832. The molecule has 27 heavy (non-hydrogen) atoms. The molecular formula is C18H29ClO8. The van der Waals surface area contributed by atoms with Crippen LogP contribution in [0.2, 0.25) is 0 Å². The zero-order valence-corrected chi connectivity index (χ0v) is 17.4. The van der Waals surface area contributed by atoms with Gasteiger partial charge >= 0.3 is 17.9 Å². The molecule has 0 fully saturated rings. The van der Waals surface area contributed by atoms with Gasteiger partial charge in [-0.25, -0.2) is 14.4 Å². The Labute approximate surface area is 165 Å². The van der Waals surface area contributed by atoms with Crippen LogP contribution < -0.4 is 0 Å². The third kappa shape index (κ3) is 20.0. The number of allylic oxidation sites excluding steroid dienone is 1. The van der Waals surface area contributed by atoms with E-state index in [1.54, 1.807) is 20.8 Å². The van der Waals surface area contributed by atoms with Crippen LogP contribution >= 0.6 is 11.6 Å². The third-order valence-electron chi connectivity index (χ3n) is 2.21. The Morgan fingerprint density at radius 2 is 1.30 bits per heavy atom. The zero-order chi connectivity index (χ0) is 22.2. The van der Waals surface area contributed by atoms with Crippen LogP contribution in [0, 0.1) is 0 Å². The second-order valence-electron chi connectivity index (χ2n) is 5.06. The summed E-state index contributed by atoms with van der Waals surface area (Å²) < 4.78 is 13.8. The lowest BCUT2D eigenvalue weighted by Crippen LogP contribution is -2.26. The highest BCUT2D eigenvalue weighted by molar-refractivity contribution is 6.67. The number of rotatable bonds is 7. The zero-order valence-electron chi connectivity index (χ0n) is 16.7. The molecule has 0 rings (SSSR count). The molecule has 156 valence electrons. The number of hydrogen-bond donors (Lipinski definition) is 1. The number of hydrogen-bond acceptors (Lipinski definition) is 8. The van der Waals surface area contributed by atoms with Gasteiger partial charge < -0.3 is 19.3 Å². The highest BCUT2D eigenvalue weighted by Gasteiger charge is 2.18. The van der Waals surface area contributed by atoms with Crippen LogP contribution in [0.4, 0.5) is 0 Å². The molecule has 0 aliphatic heterocycles. The van der Waals surface area contributed by atoms with Gasteiger partial charge in [-0.3, -0.25) is 4.79 Å². The van der Waals surface area contributed by atoms with E-state index < -0.39 is 35.4 Å². The summed E-state index contributed by atoms with van der Waals surface area (Å²) in [6, 6.07) is 0. The number of carbonyl (C=O) groups is 4. The van der Waals surface area contributed by atoms with Crippen molar-refractivity contribution < 1.29 is 38.5 Å². The summed E-state index contributed by atoms with van der Waals surface area (Å²) in [5.74, 6) is -1.69. The molecule has 9 heteroatoms. The molecule has 0 aliphatic carbocycles. The largest absolute Gasteiger partial charge is 0.464 e. The van der Waals surface area contributed by atoms with Gasteiger partial charge in [0.2, 0.25) is 5.24 Å². The van der Waals surface area contributed by atoms with E-state index in [-0.39, 0.29) is 12.2 Å². The van der Waals surface area contributed by atoms with E-state index in [4.69, 9.17) is 21.4 Å². The predicted octanol–water partition coefficient (Wildman–Crippen LogP) is 2.32. The van der Waals surface area contributed by atoms with Crippen molar-refractivity contribution in [1.82, 2.24) is 0 Å². The van der Waals surface area contributed by atoms with E-state index >= 15 is 0 Å². The van der Waals surface area contributed by atoms with Crippen molar-refractivity contribution in [3.05, 3.63) is 24.3 Å². The van der Waals surface area contributed by atoms with Gasteiger partial charge in [0, 0.05) is 11.1 Å². The van der Waals surface area contributed by atoms with Gasteiger partial charge in [0.1, 0.15) is 6.10 Å². The monoisotopic (exact) mass is 408 g/mol. The molecular weight excluding hydrogens is 380 g/mol. The molecule has 2 atom stereocenters. The van der Waals surface area contributed by atoms with Crippen LogP contribution in [0.5, 0.6) is 0 Å². The standard InChI is InChI=1S/C9H14O4.C5H10O3.C4H5ClO/c1-5-12-9(11)7(4)13-8(10)6(2)3;1-3-8-5(7)4(2)6;1-3(2)4(5)6/h7H,2,5H2,1,3-4H3;4,6H,3H2,1-2H3;1H2,2H3. The van der Waals surface area contributed by atoms with Crippen LogP contribution in [0.1, 0.15) is 41.5 Å². The van der Waals surface area contributed by atoms with E-state index in [1.807, 2.05) is 0 Å². The molecule has 0 saturated heterocycles. The Morgan fingerprint density at radius 3 is 1.52 bits per heavy atom. The SMILES string of the molecule is C=C(C)C(=O)Cl.C=C(C)C(=O)OC(C)C(=O)OCC.CCOC(=O)C(C)O. The fourth-order valence-electron chi connectivity index (χ4n) is 0.832. The first-order valence-electron chi connectivity index (χ1n) is 8.04. The molecule has 0 heterocycles. The lowest BCUT2D eigenvalue weighted by molar-refractivity contribution is -0.163. The number of aliphatic hydroxyl groups excluding tert-OH is 1. The topological polar surface area (TPSA) is 116 Å². The van der Waals surface area contributed by atoms with Gasteiger partial charge in [0.25, 0.3) is 0 Å². The van der Waals surface area contributed by atoms with Gasteiger partial charge in [-0.2, -0.15) is 0 Å². The van der Waals surface area contributed by atoms with Crippen LogP contribution in [-0.2, 0) is 33.4 Å². The summed E-state index contributed by atoms with van der Waals surface area (Å²) in [6.07, 6.45) is -1.86. The molecule has 0 bridgehead atoms. The highest BCUT2D eigenvalue weighted by Crippen LogP contribution is 2.00. The Hall–Kier alpha value is -2.19. The Bertz CT molecular complexity index is 513. The molecule has 8 nitrogen and oxygen atoms in total. The van der Waals surface area contributed by atoms with Gasteiger partial charge in [-0.15, -0.1) is 0 Å². The minimum Gasteiger partial charge on any atom is -0.464 e. The van der Waals surface area contributed by atoms with E-state index in [0.717, 1.165) is 0 Å².